The van der Waals surface area contributed by atoms with Crippen LogP contribution in [0.1, 0.15) is 41.4 Å². The minimum atomic E-state index is -0.0304. The van der Waals surface area contributed by atoms with E-state index in [1.165, 1.54) is 5.56 Å². The average Bonchev–Trinajstić information content (AvgIpc) is 3.05. The first-order valence-electron chi connectivity index (χ1n) is 9.89. The number of nitrogens with zero attached hydrogens (tertiary/aromatic N) is 4. The molecule has 0 saturated carbocycles. The van der Waals surface area contributed by atoms with E-state index >= 15 is 0 Å². The molecule has 6 heteroatoms. The largest absolute Gasteiger partial charge is 0.349 e. The molecule has 3 heterocycles. The van der Waals surface area contributed by atoms with Crippen molar-refractivity contribution in [1.29, 1.82) is 0 Å². The third kappa shape index (κ3) is 3.78. The zero-order valence-corrected chi connectivity index (χ0v) is 16.7. The van der Waals surface area contributed by atoms with E-state index in [4.69, 9.17) is 0 Å². The van der Waals surface area contributed by atoms with Crippen molar-refractivity contribution in [3.05, 3.63) is 59.4 Å². The van der Waals surface area contributed by atoms with Crippen LogP contribution in [0.15, 0.2) is 42.6 Å². The Morgan fingerprint density at radius 3 is 2.82 bits per heavy atom. The lowest BCUT2D eigenvalue weighted by atomic mass is 9.97. The molecule has 1 aliphatic heterocycles. The van der Waals surface area contributed by atoms with Gasteiger partial charge < -0.3 is 5.32 Å². The highest BCUT2D eigenvalue weighted by Gasteiger charge is 2.27. The number of amides is 1. The van der Waals surface area contributed by atoms with E-state index in [2.05, 4.69) is 57.6 Å². The SMILES string of the molecule is Cc1cc(C(=O)N[C@H]2CCN(Cc3ccccc3)[C@H](C)C2)c2cnn(C)c2n1. The highest BCUT2D eigenvalue weighted by molar-refractivity contribution is 6.05. The van der Waals surface area contributed by atoms with E-state index in [1.807, 2.05) is 20.0 Å². The Hall–Kier alpha value is -2.73. The highest BCUT2D eigenvalue weighted by Crippen LogP contribution is 2.22. The van der Waals surface area contributed by atoms with Gasteiger partial charge in [0.05, 0.1) is 17.1 Å². The van der Waals surface area contributed by atoms with Gasteiger partial charge in [0.15, 0.2) is 5.65 Å². The summed E-state index contributed by atoms with van der Waals surface area (Å²) in [7, 11) is 1.85. The maximum Gasteiger partial charge on any atom is 0.252 e. The molecule has 0 bridgehead atoms. The number of fused-ring (bicyclic) bond motifs is 1. The number of carbonyl (C=O) groups excluding carboxylic acids is 1. The number of pyridine rings is 1. The summed E-state index contributed by atoms with van der Waals surface area (Å²) >= 11 is 0. The van der Waals surface area contributed by atoms with Crippen molar-refractivity contribution >= 4 is 16.9 Å². The van der Waals surface area contributed by atoms with Gasteiger partial charge in [-0.1, -0.05) is 30.3 Å². The number of aromatic nitrogens is 3. The number of nitrogens with one attached hydrogen (secondary N) is 1. The smallest absolute Gasteiger partial charge is 0.252 e. The van der Waals surface area contributed by atoms with Crippen LogP contribution in [0, 0.1) is 6.92 Å². The molecule has 1 aliphatic rings. The lowest BCUT2D eigenvalue weighted by Gasteiger charge is -2.38. The summed E-state index contributed by atoms with van der Waals surface area (Å²) < 4.78 is 1.71. The fourth-order valence-corrected chi connectivity index (χ4v) is 4.10. The second kappa shape index (κ2) is 7.72. The van der Waals surface area contributed by atoms with E-state index in [-0.39, 0.29) is 11.9 Å². The molecular formula is C22H27N5O. The lowest BCUT2D eigenvalue weighted by molar-refractivity contribution is 0.0868. The molecule has 2 aromatic heterocycles. The average molecular weight is 377 g/mol. The van der Waals surface area contributed by atoms with Gasteiger partial charge in [0.25, 0.3) is 5.91 Å². The summed E-state index contributed by atoms with van der Waals surface area (Å²) in [5.74, 6) is -0.0304. The number of hydrogen-bond acceptors (Lipinski definition) is 4. The van der Waals surface area contributed by atoms with Gasteiger partial charge in [-0.05, 0) is 38.3 Å². The maximum atomic E-state index is 13.0. The predicted molar refractivity (Wildman–Crippen MR) is 110 cm³/mol. The van der Waals surface area contributed by atoms with Gasteiger partial charge in [-0.3, -0.25) is 14.4 Å². The van der Waals surface area contributed by atoms with Crippen LogP contribution in [-0.4, -0.2) is 44.2 Å². The van der Waals surface area contributed by atoms with Gasteiger partial charge in [0.2, 0.25) is 0 Å². The lowest BCUT2D eigenvalue weighted by Crippen LogP contribution is -2.48. The minimum Gasteiger partial charge on any atom is -0.349 e. The number of aryl methyl sites for hydroxylation is 2. The Kier molecular flexibility index (Phi) is 5.13. The third-order valence-corrected chi connectivity index (χ3v) is 5.66. The Morgan fingerprint density at radius 2 is 2.07 bits per heavy atom. The second-order valence-electron chi connectivity index (χ2n) is 7.82. The normalized spacial score (nSPS) is 20.4. The topological polar surface area (TPSA) is 63.1 Å². The van der Waals surface area contributed by atoms with Crippen LogP contribution in [0.4, 0.5) is 0 Å². The van der Waals surface area contributed by atoms with Crippen molar-refractivity contribution in [2.24, 2.45) is 7.05 Å². The Bertz CT molecular complexity index is 981. The summed E-state index contributed by atoms with van der Waals surface area (Å²) in [4.78, 5) is 20.0. The van der Waals surface area contributed by atoms with Gasteiger partial charge in [-0.25, -0.2) is 4.98 Å². The zero-order valence-electron chi connectivity index (χ0n) is 16.7. The molecule has 0 aliphatic carbocycles. The summed E-state index contributed by atoms with van der Waals surface area (Å²) in [6.45, 7) is 6.10. The van der Waals surface area contributed by atoms with E-state index in [0.717, 1.165) is 42.7 Å². The van der Waals surface area contributed by atoms with Crippen molar-refractivity contribution < 1.29 is 4.79 Å². The van der Waals surface area contributed by atoms with Gasteiger partial charge in [-0.15, -0.1) is 0 Å². The van der Waals surface area contributed by atoms with Gasteiger partial charge in [0.1, 0.15) is 0 Å². The summed E-state index contributed by atoms with van der Waals surface area (Å²) in [6.07, 6.45) is 3.64. The fraction of sp³-hybridized carbons (Fsp3) is 0.409. The van der Waals surface area contributed by atoms with E-state index < -0.39 is 0 Å². The molecule has 1 saturated heterocycles. The van der Waals surface area contributed by atoms with Crippen LogP contribution in [0.25, 0.3) is 11.0 Å². The first-order chi connectivity index (χ1) is 13.5. The molecule has 146 valence electrons. The Morgan fingerprint density at radius 1 is 1.29 bits per heavy atom. The third-order valence-electron chi connectivity index (χ3n) is 5.66. The second-order valence-corrected chi connectivity index (χ2v) is 7.82. The molecule has 4 rings (SSSR count). The van der Waals surface area contributed by atoms with E-state index in [0.29, 0.717) is 11.6 Å². The molecule has 0 radical (unpaired) electrons. The first kappa shape index (κ1) is 18.6. The zero-order chi connectivity index (χ0) is 19.7. The molecule has 3 aromatic rings. The van der Waals surface area contributed by atoms with Crippen LogP contribution < -0.4 is 5.32 Å². The number of hydrogen-bond donors (Lipinski definition) is 1. The molecule has 1 fully saturated rings. The summed E-state index contributed by atoms with van der Waals surface area (Å²) in [5, 5.41) is 8.31. The summed E-state index contributed by atoms with van der Waals surface area (Å²) in [5.41, 5.74) is 3.57. The van der Waals surface area contributed by atoms with Gasteiger partial charge in [-0.2, -0.15) is 5.10 Å². The molecule has 0 spiro atoms. The quantitative estimate of drug-likeness (QED) is 0.759. The van der Waals surface area contributed by atoms with Crippen molar-refractivity contribution in [2.45, 2.75) is 45.3 Å². The number of benzene rings is 1. The van der Waals surface area contributed by atoms with Crippen LogP contribution in [0.2, 0.25) is 0 Å². The number of rotatable bonds is 4. The predicted octanol–water partition coefficient (Wildman–Crippen LogP) is 3.06. The van der Waals surface area contributed by atoms with Gasteiger partial charge in [0, 0.05) is 37.9 Å². The van der Waals surface area contributed by atoms with Crippen molar-refractivity contribution in [2.75, 3.05) is 6.54 Å². The van der Waals surface area contributed by atoms with E-state index in [9.17, 15) is 4.79 Å². The maximum absolute atomic E-state index is 13.0. The Balaban J connectivity index is 1.43. The molecule has 1 amide bonds. The van der Waals surface area contributed by atoms with Crippen LogP contribution in [-0.2, 0) is 13.6 Å². The monoisotopic (exact) mass is 377 g/mol. The molecule has 28 heavy (non-hydrogen) atoms. The molecule has 6 nitrogen and oxygen atoms in total. The first-order valence-corrected chi connectivity index (χ1v) is 9.89. The van der Waals surface area contributed by atoms with Crippen molar-refractivity contribution in [1.82, 2.24) is 25.0 Å². The van der Waals surface area contributed by atoms with Gasteiger partial charge >= 0.3 is 0 Å². The number of piperidine rings is 1. The minimum absolute atomic E-state index is 0.0304. The van der Waals surface area contributed by atoms with E-state index in [1.54, 1.807) is 10.9 Å². The van der Waals surface area contributed by atoms with Crippen molar-refractivity contribution in [3.63, 3.8) is 0 Å². The molecular weight excluding hydrogens is 350 g/mol. The van der Waals surface area contributed by atoms with Crippen molar-refractivity contribution in [3.8, 4) is 0 Å². The van der Waals surface area contributed by atoms with Crippen LogP contribution >= 0.6 is 0 Å². The molecule has 0 unspecified atom stereocenters. The molecule has 1 N–H and O–H groups in total. The molecule has 2 atom stereocenters. The van der Waals surface area contributed by atoms with Crippen LogP contribution in [0.5, 0.6) is 0 Å². The standard InChI is InChI=1S/C22H27N5O/c1-15-11-19(20-13-23-26(3)21(20)24-15)22(28)25-18-9-10-27(16(2)12-18)14-17-7-5-4-6-8-17/h4-8,11,13,16,18H,9-10,12,14H2,1-3H3,(H,25,28)/t16-,18+/m1/s1. The van der Waals surface area contributed by atoms with Crippen LogP contribution in [0.3, 0.4) is 0 Å². The highest BCUT2D eigenvalue weighted by atomic mass is 16.1. The number of carbonyl (C=O) groups is 1. The summed E-state index contributed by atoms with van der Waals surface area (Å²) in [6, 6.07) is 13.0. The fourth-order valence-electron chi connectivity index (χ4n) is 4.10. The number of likely N-dealkylation sites (tertiary alicyclic amines) is 1. The Labute approximate surface area is 165 Å². The molecule has 1 aromatic carbocycles.